The van der Waals surface area contributed by atoms with Crippen LogP contribution in [0.25, 0.3) is 0 Å². The highest BCUT2D eigenvalue weighted by atomic mass is 16.1. The first-order valence-corrected chi connectivity index (χ1v) is 7.43. The number of amides is 1. The zero-order valence-corrected chi connectivity index (χ0v) is 13.0. The summed E-state index contributed by atoms with van der Waals surface area (Å²) in [5.41, 5.74) is 0.438. The van der Waals surface area contributed by atoms with Gasteiger partial charge in [-0.15, -0.1) is 0 Å². The molecule has 5 nitrogen and oxygen atoms in total. The summed E-state index contributed by atoms with van der Waals surface area (Å²) in [6.07, 6.45) is 3.58. The average Bonchev–Trinajstić information content (AvgIpc) is 2.44. The Morgan fingerprint density at radius 2 is 1.90 bits per heavy atom. The minimum atomic E-state index is -0.129. The quantitative estimate of drug-likeness (QED) is 0.793. The normalized spacial score (nSPS) is 10.7. The van der Waals surface area contributed by atoms with Crippen LogP contribution in [0.2, 0.25) is 0 Å². The maximum atomic E-state index is 12.0. The number of aromatic nitrogens is 2. The molecule has 0 saturated heterocycles. The van der Waals surface area contributed by atoms with Gasteiger partial charge in [0.2, 0.25) is 0 Å². The van der Waals surface area contributed by atoms with Crippen LogP contribution < -0.4 is 10.2 Å². The summed E-state index contributed by atoms with van der Waals surface area (Å²) >= 11 is 0. The van der Waals surface area contributed by atoms with Gasteiger partial charge in [-0.05, 0) is 18.8 Å². The molecule has 1 aromatic heterocycles. The van der Waals surface area contributed by atoms with Crippen LogP contribution in [0.15, 0.2) is 12.4 Å². The van der Waals surface area contributed by atoms with Crippen LogP contribution in [0.4, 0.5) is 5.82 Å². The molecule has 0 fully saturated rings. The van der Waals surface area contributed by atoms with Gasteiger partial charge in [0.25, 0.3) is 5.91 Å². The lowest BCUT2D eigenvalue weighted by atomic mass is 10.2. The zero-order valence-electron chi connectivity index (χ0n) is 13.0. The molecule has 5 heteroatoms. The van der Waals surface area contributed by atoms with E-state index in [9.17, 15) is 4.79 Å². The van der Waals surface area contributed by atoms with Gasteiger partial charge < -0.3 is 10.2 Å². The Kier molecular flexibility index (Phi) is 6.98. The molecule has 20 heavy (non-hydrogen) atoms. The van der Waals surface area contributed by atoms with E-state index in [1.165, 1.54) is 6.33 Å². The molecule has 0 aliphatic heterocycles. The third-order valence-electron chi connectivity index (χ3n) is 2.87. The van der Waals surface area contributed by atoms with E-state index in [0.717, 1.165) is 31.7 Å². The highest BCUT2D eigenvalue weighted by Crippen LogP contribution is 2.12. The first-order chi connectivity index (χ1) is 9.58. The molecule has 112 valence electrons. The van der Waals surface area contributed by atoms with Gasteiger partial charge in [0.15, 0.2) is 0 Å². The van der Waals surface area contributed by atoms with E-state index >= 15 is 0 Å². The molecular weight excluding hydrogens is 252 g/mol. The van der Waals surface area contributed by atoms with Gasteiger partial charge >= 0.3 is 0 Å². The molecule has 0 unspecified atom stereocenters. The topological polar surface area (TPSA) is 58.1 Å². The van der Waals surface area contributed by atoms with E-state index in [1.54, 1.807) is 6.07 Å². The number of nitrogens with zero attached hydrogens (tertiary/aromatic N) is 3. The van der Waals surface area contributed by atoms with Crippen LogP contribution in [0.3, 0.4) is 0 Å². The van der Waals surface area contributed by atoms with Crippen molar-refractivity contribution in [3.05, 3.63) is 18.1 Å². The fourth-order valence-electron chi connectivity index (χ4n) is 1.91. The second-order valence-electron chi connectivity index (χ2n) is 5.35. The van der Waals surface area contributed by atoms with E-state index in [4.69, 9.17) is 0 Å². The van der Waals surface area contributed by atoms with Crippen molar-refractivity contribution in [2.45, 2.75) is 40.5 Å². The third kappa shape index (κ3) is 5.15. The number of carbonyl (C=O) groups is 1. The third-order valence-corrected chi connectivity index (χ3v) is 2.87. The molecule has 1 N–H and O–H groups in total. The maximum Gasteiger partial charge on any atom is 0.270 e. The predicted octanol–water partition coefficient (Wildman–Crippen LogP) is 2.49. The van der Waals surface area contributed by atoms with E-state index in [1.807, 2.05) is 0 Å². The summed E-state index contributed by atoms with van der Waals surface area (Å²) in [6.45, 7) is 11.0. The number of rotatable bonds is 8. The molecule has 1 aromatic rings. The number of anilines is 1. The second-order valence-corrected chi connectivity index (χ2v) is 5.35. The molecule has 0 atom stereocenters. The molecule has 0 radical (unpaired) electrons. The lowest BCUT2D eigenvalue weighted by Crippen LogP contribution is -2.29. The van der Waals surface area contributed by atoms with Crippen molar-refractivity contribution in [2.75, 3.05) is 24.5 Å². The molecule has 0 bridgehead atoms. The smallest absolute Gasteiger partial charge is 0.270 e. The van der Waals surface area contributed by atoms with E-state index in [-0.39, 0.29) is 5.91 Å². The van der Waals surface area contributed by atoms with Gasteiger partial charge in [0, 0.05) is 25.7 Å². The van der Waals surface area contributed by atoms with Gasteiger partial charge in [-0.25, -0.2) is 9.97 Å². The Bertz CT molecular complexity index is 414. The van der Waals surface area contributed by atoms with Gasteiger partial charge in [0.05, 0.1) is 0 Å². The Hall–Kier alpha value is -1.65. The fourth-order valence-corrected chi connectivity index (χ4v) is 1.91. The average molecular weight is 278 g/mol. The molecular formula is C15H26N4O. The first kappa shape index (κ1) is 16.4. The number of carbonyl (C=O) groups excluding carboxylic acids is 1. The molecule has 0 spiro atoms. The Morgan fingerprint density at radius 3 is 2.45 bits per heavy atom. The van der Waals surface area contributed by atoms with Crippen LogP contribution in [0, 0.1) is 5.92 Å². The molecule has 0 aliphatic rings. The van der Waals surface area contributed by atoms with Crippen molar-refractivity contribution in [1.29, 1.82) is 0 Å². The molecule has 1 heterocycles. The van der Waals surface area contributed by atoms with Gasteiger partial charge in [0.1, 0.15) is 17.8 Å². The lowest BCUT2D eigenvalue weighted by Gasteiger charge is -2.22. The van der Waals surface area contributed by atoms with Crippen LogP contribution in [0.5, 0.6) is 0 Å². The highest BCUT2D eigenvalue weighted by molar-refractivity contribution is 5.92. The minimum absolute atomic E-state index is 0.129. The second kappa shape index (κ2) is 8.51. The summed E-state index contributed by atoms with van der Waals surface area (Å²) in [5, 5.41) is 2.88. The summed E-state index contributed by atoms with van der Waals surface area (Å²) in [5.74, 6) is 1.13. The lowest BCUT2D eigenvalue weighted by molar-refractivity contribution is 0.0944. The van der Waals surface area contributed by atoms with Crippen LogP contribution in [-0.2, 0) is 0 Å². The fraction of sp³-hybridized carbons (Fsp3) is 0.667. The first-order valence-electron chi connectivity index (χ1n) is 7.43. The van der Waals surface area contributed by atoms with E-state index < -0.39 is 0 Å². The van der Waals surface area contributed by atoms with Crippen molar-refractivity contribution in [3.63, 3.8) is 0 Å². The summed E-state index contributed by atoms with van der Waals surface area (Å²) in [7, 11) is 0. The van der Waals surface area contributed by atoms with Crippen LogP contribution >= 0.6 is 0 Å². The Labute approximate surface area is 121 Å². The van der Waals surface area contributed by atoms with Crippen molar-refractivity contribution < 1.29 is 4.79 Å². The number of hydrogen-bond donors (Lipinski definition) is 1. The molecule has 1 amide bonds. The molecule has 1 rings (SSSR count). The van der Waals surface area contributed by atoms with Crippen molar-refractivity contribution >= 4 is 11.7 Å². The van der Waals surface area contributed by atoms with Crippen LogP contribution in [0.1, 0.15) is 51.0 Å². The molecule has 0 aliphatic carbocycles. The number of hydrogen-bond acceptors (Lipinski definition) is 4. The van der Waals surface area contributed by atoms with Crippen molar-refractivity contribution in [1.82, 2.24) is 15.3 Å². The summed E-state index contributed by atoms with van der Waals surface area (Å²) < 4.78 is 0. The van der Waals surface area contributed by atoms with Gasteiger partial charge in [-0.3, -0.25) is 4.79 Å². The van der Waals surface area contributed by atoms with Crippen molar-refractivity contribution in [2.24, 2.45) is 5.92 Å². The SMILES string of the molecule is CCCN(CCC)c1cc(C(=O)NCC(C)C)ncn1. The number of nitrogens with one attached hydrogen (secondary N) is 1. The molecule has 0 aromatic carbocycles. The minimum Gasteiger partial charge on any atom is -0.357 e. The Balaban J connectivity index is 2.80. The van der Waals surface area contributed by atoms with E-state index in [2.05, 4.69) is 47.9 Å². The summed E-state index contributed by atoms with van der Waals surface area (Å²) in [4.78, 5) is 22.6. The molecule has 0 saturated carbocycles. The monoisotopic (exact) mass is 278 g/mol. The zero-order chi connectivity index (χ0) is 15.0. The Morgan fingerprint density at radius 1 is 1.25 bits per heavy atom. The maximum absolute atomic E-state index is 12.0. The highest BCUT2D eigenvalue weighted by Gasteiger charge is 2.12. The van der Waals surface area contributed by atoms with Gasteiger partial charge in [-0.1, -0.05) is 27.7 Å². The predicted molar refractivity (Wildman–Crippen MR) is 82.0 cm³/mol. The van der Waals surface area contributed by atoms with E-state index in [0.29, 0.717) is 18.2 Å². The van der Waals surface area contributed by atoms with Gasteiger partial charge in [-0.2, -0.15) is 0 Å². The van der Waals surface area contributed by atoms with Crippen molar-refractivity contribution in [3.8, 4) is 0 Å². The van der Waals surface area contributed by atoms with Crippen LogP contribution in [-0.4, -0.2) is 35.5 Å². The largest absolute Gasteiger partial charge is 0.357 e. The summed E-state index contributed by atoms with van der Waals surface area (Å²) in [6, 6.07) is 1.78. The standard InChI is InChI=1S/C15H26N4O/c1-5-7-19(8-6-2)14-9-13(17-11-18-14)15(20)16-10-12(3)4/h9,11-12H,5-8,10H2,1-4H3,(H,16,20).